The minimum atomic E-state index is -0.577. The molecule has 12 nitrogen and oxygen atoms in total. The smallest absolute Gasteiger partial charge is 0.407 e. The first-order valence-electron chi connectivity index (χ1n) is 17.6. The number of nitrogens with one attached hydrogen (secondary N) is 3. The normalized spacial score (nSPS) is 20.4. The van der Waals surface area contributed by atoms with E-state index in [4.69, 9.17) is 15.5 Å². The molecule has 2 aliphatic heterocycles. The Balaban J connectivity index is 1.00. The van der Waals surface area contributed by atoms with E-state index in [-0.39, 0.29) is 29.8 Å². The van der Waals surface area contributed by atoms with Crippen LogP contribution >= 0.6 is 0 Å². The van der Waals surface area contributed by atoms with Gasteiger partial charge in [0.25, 0.3) is 0 Å². The van der Waals surface area contributed by atoms with Crippen molar-refractivity contribution in [2.24, 2.45) is 11.7 Å². The highest BCUT2D eigenvalue weighted by atomic mass is 16.5. The van der Waals surface area contributed by atoms with Gasteiger partial charge in [-0.3, -0.25) is 9.59 Å². The fourth-order valence-electron chi connectivity index (χ4n) is 7.68. The number of fused-ring (bicyclic) bond motifs is 2. The molecule has 50 heavy (non-hydrogen) atoms. The predicted octanol–water partition coefficient (Wildman–Crippen LogP) is 5.58. The van der Waals surface area contributed by atoms with Gasteiger partial charge in [-0.25, -0.2) is 14.8 Å². The molecule has 258 valence electrons. The summed E-state index contributed by atoms with van der Waals surface area (Å²) in [4.78, 5) is 58.5. The largest absolute Gasteiger partial charge is 0.453 e. The Morgan fingerprint density at radius 1 is 0.840 bits per heavy atom. The van der Waals surface area contributed by atoms with E-state index in [0.717, 1.165) is 94.4 Å². The Hall–Kier alpha value is -5.23. The van der Waals surface area contributed by atoms with Gasteiger partial charge in [-0.1, -0.05) is 30.3 Å². The second-order valence-corrected chi connectivity index (χ2v) is 13.9. The van der Waals surface area contributed by atoms with Gasteiger partial charge in [0.1, 0.15) is 17.7 Å². The number of benzene rings is 3. The Bertz CT molecular complexity index is 2100. The van der Waals surface area contributed by atoms with Gasteiger partial charge < -0.3 is 35.6 Å². The van der Waals surface area contributed by atoms with E-state index < -0.39 is 18.2 Å². The van der Waals surface area contributed by atoms with Crippen molar-refractivity contribution in [1.82, 2.24) is 35.1 Å². The van der Waals surface area contributed by atoms with Gasteiger partial charge in [0, 0.05) is 18.7 Å². The number of carbonyl (C=O) groups is 3. The maximum absolute atomic E-state index is 13.6. The molecule has 0 radical (unpaired) electrons. The number of ether oxygens (including phenoxy) is 1. The highest BCUT2D eigenvalue weighted by Gasteiger charge is 2.43. The highest BCUT2D eigenvalue weighted by Crippen LogP contribution is 2.38. The molecule has 4 heterocycles. The fraction of sp³-hybridized carbons (Fsp3) is 0.395. The SMILES string of the molecule is COC(=O)N[C@H](C(=O)N1CCC[C@H]1c1nc2ccc(-c3ccc4cc(-c5cnc([C@@H]6CCCN6C(=O)[C@H](C)N)[nH]5)ccc4c3)cc2[nH]1)C1CC1. The fourth-order valence-corrected chi connectivity index (χ4v) is 7.68. The number of imidazole rings is 2. The molecule has 3 aromatic carbocycles. The van der Waals surface area contributed by atoms with Crippen LogP contribution in [-0.2, 0) is 14.3 Å². The van der Waals surface area contributed by atoms with Crippen molar-refractivity contribution in [2.75, 3.05) is 20.2 Å². The van der Waals surface area contributed by atoms with Gasteiger partial charge in [0.2, 0.25) is 11.8 Å². The van der Waals surface area contributed by atoms with E-state index in [1.807, 2.05) is 22.1 Å². The molecule has 12 heteroatoms. The number of nitrogens with zero attached hydrogens (tertiary/aromatic N) is 4. The predicted molar refractivity (Wildman–Crippen MR) is 190 cm³/mol. The van der Waals surface area contributed by atoms with Crippen LogP contribution < -0.4 is 11.1 Å². The van der Waals surface area contributed by atoms with Gasteiger partial charge in [-0.2, -0.15) is 0 Å². The molecule has 0 bridgehead atoms. The average Bonchev–Trinajstić information content (AvgIpc) is 3.56. The van der Waals surface area contributed by atoms with Crippen LogP contribution in [0.5, 0.6) is 0 Å². The second kappa shape index (κ2) is 12.9. The first-order valence-corrected chi connectivity index (χ1v) is 17.6. The van der Waals surface area contributed by atoms with E-state index in [0.29, 0.717) is 13.1 Å². The number of rotatable bonds is 8. The van der Waals surface area contributed by atoms with Crippen molar-refractivity contribution in [3.63, 3.8) is 0 Å². The van der Waals surface area contributed by atoms with Crippen molar-refractivity contribution in [1.29, 1.82) is 0 Å². The molecular formula is C38H42N8O4. The minimum absolute atomic E-state index is 0.0419. The molecule has 1 saturated carbocycles. The van der Waals surface area contributed by atoms with E-state index in [2.05, 4.69) is 68.8 Å². The third-order valence-corrected chi connectivity index (χ3v) is 10.5. The summed E-state index contributed by atoms with van der Waals surface area (Å²) in [5.41, 5.74) is 11.8. The van der Waals surface area contributed by atoms with Crippen molar-refractivity contribution >= 4 is 39.7 Å². The number of nitrogens with two attached hydrogens (primary N) is 1. The molecule has 8 rings (SSSR count). The van der Waals surface area contributed by atoms with Crippen LogP contribution in [0.25, 0.3) is 44.2 Å². The maximum Gasteiger partial charge on any atom is 0.407 e. The minimum Gasteiger partial charge on any atom is -0.453 e. The molecule has 2 saturated heterocycles. The Morgan fingerprint density at radius 3 is 2.18 bits per heavy atom. The standard InChI is InChI=1S/C38H42N8O4/c1-21(39)36(47)45-15-3-5-31(45)34-40-20-30(43-34)27-12-11-23-17-24(9-10-25(23)18-27)26-13-14-28-29(19-26)42-35(41-28)32-6-4-16-46(32)37(48)33(22-7-8-22)44-38(49)50-2/h9-14,17-22,31-33H,3-8,15-16,39H2,1-2H3,(H,40,43)(H,41,42)(H,44,49)/t21-,31-,32-,33-/m0/s1. The number of aromatic nitrogens is 4. The van der Waals surface area contributed by atoms with Crippen LogP contribution in [0, 0.1) is 5.92 Å². The molecule has 5 N–H and O–H groups in total. The summed E-state index contributed by atoms with van der Waals surface area (Å²) in [5, 5.41) is 5.00. The van der Waals surface area contributed by atoms with Crippen LogP contribution in [0.1, 0.15) is 69.2 Å². The van der Waals surface area contributed by atoms with Gasteiger partial charge in [-0.05, 0) is 97.5 Å². The van der Waals surface area contributed by atoms with Crippen LogP contribution in [0.4, 0.5) is 4.79 Å². The maximum atomic E-state index is 13.6. The quantitative estimate of drug-likeness (QED) is 0.167. The topological polar surface area (TPSA) is 162 Å². The number of H-pyrrole nitrogens is 2. The molecule has 3 amide bonds. The lowest BCUT2D eigenvalue weighted by Gasteiger charge is -2.28. The molecule has 0 unspecified atom stereocenters. The Kier molecular flexibility index (Phi) is 8.26. The number of hydrogen-bond acceptors (Lipinski definition) is 7. The third-order valence-electron chi connectivity index (χ3n) is 10.5. The Morgan fingerprint density at radius 2 is 1.48 bits per heavy atom. The van der Waals surface area contributed by atoms with Crippen LogP contribution in [0.2, 0.25) is 0 Å². The number of amides is 3. The summed E-state index contributed by atoms with van der Waals surface area (Å²) in [6, 6.07) is 17.7. The first-order chi connectivity index (χ1) is 24.3. The number of hydrogen-bond donors (Lipinski definition) is 4. The lowest BCUT2D eigenvalue weighted by molar-refractivity contribution is -0.135. The molecule has 5 aromatic rings. The summed E-state index contributed by atoms with van der Waals surface area (Å²) in [6.07, 6.45) is 6.61. The average molecular weight is 675 g/mol. The number of aromatic amines is 2. The van der Waals surface area contributed by atoms with E-state index in [9.17, 15) is 14.4 Å². The number of methoxy groups -OCH3 is 1. The summed E-state index contributed by atoms with van der Waals surface area (Å²) >= 11 is 0. The molecule has 1 aliphatic carbocycles. The summed E-state index contributed by atoms with van der Waals surface area (Å²) < 4.78 is 4.79. The zero-order valence-corrected chi connectivity index (χ0v) is 28.3. The van der Waals surface area contributed by atoms with Gasteiger partial charge >= 0.3 is 6.09 Å². The first kappa shape index (κ1) is 32.0. The van der Waals surface area contributed by atoms with Crippen LogP contribution in [-0.4, -0.2) is 79.9 Å². The van der Waals surface area contributed by atoms with Gasteiger partial charge in [0.15, 0.2) is 0 Å². The van der Waals surface area contributed by atoms with Crippen molar-refractivity contribution < 1.29 is 19.1 Å². The van der Waals surface area contributed by atoms with E-state index in [1.54, 1.807) is 6.92 Å². The number of carbonyl (C=O) groups excluding carboxylic acids is 3. The third kappa shape index (κ3) is 5.97. The lowest BCUT2D eigenvalue weighted by Crippen LogP contribution is -2.49. The zero-order chi connectivity index (χ0) is 34.5. The van der Waals surface area contributed by atoms with E-state index >= 15 is 0 Å². The summed E-state index contributed by atoms with van der Waals surface area (Å²) in [7, 11) is 1.32. The lowest BCUT2D eigenvalue weighted by atomic mass is 9.99. The Labute approximate surface area is 289 Å². The van der Waals surface area contributed by atoms with Gasteiger partial charge in [0.05, 0.1) is 48.2 Å². The summed E-state index contributed by atoms with van der Waals surface area (Å²) in [6.45, 7) is 3.06. The van der Waals surface area contributed by atoms with Crippen molar-refractivity contribution in [3.8, 4) is 22.4 Å². The van der Waals surface area contributed by atoms with Gasteiger partial charge in [-0.15, -0.1) is 0 Å². The second-order valence-electron chi connectivity index (χ2n) is 13.9. The molecule has 4 atom stereocenters. The highest BCUT2D eigenvalue weighted by molar-refractivity contribution is 5.92. The number of likely N-dealkylation sites (tertiary alicyclic amines) is 2. The molecule has 0 spiro atoms. The van der Waals surface area contributed by atoms with E-state index in [1.165, 1.54) is 7.11 Å². The molecule has 3 fully saturated rings. The molecular weight excluding hydrogens is 632 g/mol. The van der Waals surface area contributed by atoms with Crippen LogP contribution in [0.3, 0.4) is 0 Å². The molecule has 2 aromatic heterocycles. The zero-order valence-electron chi connectivity index (χ0n) is 28.3. The monoisotopic (exact) mass is 674 g/mol. The summed E-state index contributed by atoms with van der Waals surface area (Å²) in [5.74, 6) is 1.61. The van der Waals surface area contributed by atoms with Crippen molar-refractivity contribution in [3.05, 3.63) is 72.4 Å². The molecule has 3 aliphatic rings. The number of alkyl carbamates (subject to hydrolysis) is 1. The van der Waals surface area contributed by atoms with Crippen LogP contribution in [0.15, 0.2) is 60.8 Å². The van der Waals surface area contributed by atoms with Crippen molar-refractivity contribution in [2.45, 2.75) is 69.6 Å².